The van der Waals surface area contributed by atoms with Crippen LogP contribution in [-0.4, -0.2) is 51.9 Å². The summed E-state index contributed by atoms with van der Waals surface area (Å²) in [6, 6.07) is 9.84. The summed E-state index contributed by atoms with van der Waals surface area (Å²) in [7, 11) is 1.91. The number of aliphatic hydroxyl groups is 1. The van der Waals surface area contributed by atoms with E-state index >= 15 is 0 Å². The first-order chi connectivity index (χ1) is 13.1. The number of nitrogens with one attached hydrogen (secondary N) is 1. The largest absolute Gasteiger partial charge is 0.388 e. The van der Waals surface area contributed by atoms with E-state index in [0.29, 0.717) is 0 Å². The van der Waals surface area contributed by atoms with Crippen molar-refractivity contribution >= 4 is 5.91 Å². The summed E-state index contributed by atoms with van der Waals surface area (Å²) in [6.07, 6.45) is 5.14. The third kappa shape index (κ3) is 3.77. The van der Waals surface area contributed by atoms with Gasteiger partial charge in [0, 0.05) is 45.3 Å². The standard InChI is InChI=1S/C21H28N4O2/c1-24-14-17(11-23-24)18-12-22-13-19(18)21(27)25-9-7-16(8-10-25)20(26)15-5-3-2-4-6-15/h2-6,11,14,16,18-20,22,26H,7-10,12-13H2,1H3/t18-,19+,20?/m1/s1. The minimum absolute atomic E-state index is 0.0233. The summed E-state index contributed by atoms with van der Waals surface area (Å²) in [5.41, 5.74) is 2.11. The number of amides is 1. The van der Waals surface area contributed by atoms with Crippen molar-refractivity contribution in [3.63, 3.8) is 0 Å². The second-order valence-corrected chi connectivity index (χ2v) is 7.84. The molecule has 0 spiro atoms. The second kappa shape index (κ2) is 7.82. The van der Waals surface area contributed by atoms with Crippen LogP contribution in [0.4, 0.5) is 0 Å². The van der Waals surface area contributed by atoms with Gasteiger partial charge in [-0.25, -0.2) is 0 Å². The van der Waals surface area contributed by atoms with Crippen molar-refractivity contribution in [1.82, 2.24) is 20.0 Å². The average molecular weight is 368 g/mol. The predicted molar refractivity (Wildman–Crippen MR) is 103 cm³/mol. The molecule has 6 heteroatoms. The van der Waals surface area contributed by atoms with Gasteiger partial charge in [0.25, 0.3) is 0 Å². The Morgan fingerprint density at radius 1 is 1.22 bits per heavy atom. The normalized spacial score (nSPS) is 24.9. The Balaban J connectivity index is 1.37. The predicted octanol–water partition coefficient (Wildman–Crippen LogP) is 1.70. The van der Waals surface area contributed by atoms with Crippen molar-refractivity contribution in [2.75, 3.05) is 26.2 Å². The SMILES string of the molecule is Cn1cc([C@H]2CNC[C@@H]2C(=O)N2CCC(C(O)c3ccccc3)CC2)cn1. The van der Waals surface area contributed by atoms with Crippen LogP contribution in [0.2, 0.25) is 0 Å². The monoisotopic (exact) mass is 368 g/mol. The van der Waals surface area contributed by atoms with E-state index < -0.39 is 6.10 Å². The van der Waals surface area contributed by atoms with Crippen LogP contribution >= 0.6 is 0 Å². The van der Waals surface area contributed by atoms with Crippen molar-refractivity contribution in [1.29, 1.82) is 0 Å². The molecule has 2 N–H and O–H groups in total. The van der Waals surface area contributed by atoms with Gasteiger partial charge in [-0.15, -0.1) is 0 Å². The van der Waals surface area contributed by atoms with Gasteiger partial charge in [0.2, 0.25) is 5.91 Å². The number of piperidine rings is 1. The Labute approximate surface area is 160 Å². The van der Waals surface area contributed by atoms with Gasteiger partial charge < -0.3 is 15.3 Å². The van der Waals surface area contributed by atoms with Crippen molar-refractivity contribution in [3.05, 3.63) is 53.9 Å². The molecule has 4 rings (SSSR count). The number of hydrogen-bond donors (Lipinski definition) is 2. The summed E-state index contributed by atoms with van der Waals surface area (Å²) in [4.78, 5) is 15.1. The molecule has 2 saturated heterocycles. The molecular weight excluding hydrogens is 340 g/mol. The van der Waals surface area contributed by atoms with Crippen molar-refractivity contribution in [3.8, 4) is 0 Å². The maximum absolute atomic E-state index is 13.1. The third-order valence-electron chi connectivity index (χ3n) is 6.12. The first kappa shape index (κ1) is 18.2. The number of rotatable bonds is 4. The van der Waals surface area contributed by atoms with E-state index in [2.05, 4.69) is 10.4 Å². The van der Waals surface area contributed by atoms with E-state index in [1.165, 1.54) is 0 Å². The molecule has 2 fully saturated rings. The summed E-state index contributed by atoms with van der Waals surface area (Å²) in [5.74, 6) is 0.623. The molecular formula is C21H28N4O2. The molecule has 144 valence electrons. The number of likely N-dealkylation sites (tertiary alicyclic amines) is 1. The Bertz CT molecular complexity index is 767. The highest BCUT2D eigenvalue weighted by Gasteiger charge is 2.38. The molecule has 1 aromatic heterocycles. The maximum atomic E-state index is 13.1. The van der Waals surface area contributed by atoms with E-state index in [1.807, 2.05) is 54.7 Å². The third-order valence-corrected chi connectivity index (χ3v) is 6.12. The number of carbonyl (C=O) groups excluding carboxylic acids is 1. The zero-order valence-electron chi connectivity index (χ0n) is 15.8. The molecule has 0 aliphatic carbocycles. The van der Waals surface area contributed by atoms with Crippen LogP contribution < -0.4 is 5.32 Å². The molecule has 27 heavy (non-hydrogen) atoms. The van der Waals surface area contributed by atoms with Crippen molar-refractivity contribution < 1.29 is 9.90 Å². The van der Waals surface area contributed by atoms with Crippen LogP contribution in [0.5, 0.6) is 0 Å². The van der Waals surface area contributed by atoms with Crippen LogP contribution in [-0.2, 0) is 11.8 Å². The molecule has 1 unspecified atom stereocenters. The lowest BCUT2D eigenvalue weighted by atomic mass is 9.85. The zero-order chi connectivity index (χ0) is 18.8. The van der Waals surface area contributed by atoms with Crippen molar-refractivity contribution in [2.45, 2.75) is 24.9 Å². The van der Waals surface area contributed by atoms with Crippen LogP contribution in [0.15, 0.2) is 42.7 Å². The molecule has 2 aliphatic heterocycles. The van der Waals surface area contributed by atoms with Crippen molar-refractivity contribution in [2.24, 2.45) is 18.9 Å². The smallest absolute Gasteiger partial charge is 0.227 e. The molecule has 6 nitrogen and oxygen atoms in total. The minimum atomic E-state index is -0.445. The summed E-state index contributed by atoms with van der Waals surface area (Å²) < 4.78 is 1.80. The van der Waals surface area contributed by atoms with E-state index in [0.717, 1.165) is 50.1 Å². The highest BCUT2D eigenvalue weighted by molar-refractivity contribution is 5.80. The quantitative estimate of drug-likeness (QED) is 0.862. The van der Waals surface area contributed by atoms with Gasteiger partial charge in [-0.1, -0.05) is 30.3 Å². The zero-order valence-corrected chi connectivity index (χ0v) is 15.8. The molecule has 2 aromatic rings. The van der Waals surface area contributed by atoms with Gasteiger partial charge in [-0.05, 0) is 29.9 Å². The minimum Gasteiger partial charge on any atom is -0.388 e. The first-order valence-corrected chi connectivity index (χ1v) is 9.84. The Hall–Kier alpha value is -2.18. The Morgan fingerprint density at radius 3 is 2.63 bits per heavy atom. The Kier molecular flexibility index (Phi) is 5.27. The van der Waals surface area contributed by atoms with E-state index in [4.69, 9.17) is 0 Å². The first-order valence-electron chi connectivity index (χ1n) is 9.84. The number of nitrogens with zero attached hydrogens (tertiary/aromatic N) is 3. The molecule has 3 atom stereocenters. The number of aliphatic hydroxyl groups excluding tert-OH is 1. The molecule has 0 saturated carbocycles. The average Bonchev–Trinajstić information content (AvgIpc) is 3.36. The van der Waals surface area contributed by atoms with Crippen LogP contribution in [0.25, 0.3) is 0 Å². The topological polar surface area (TPSA) is 70.4 Å². The van der Waals surface area contributed by atoms with E-state index in [-0.39, 0.29) is 23.7 Å². The van der Waals surface area contributed by atoms with Gasteiger partial charge in [0.15, 0.2) is 0 Å². The van der Waals surface area contributed by atoms with Gasteiger partial charge in [-0.3, -0.25) is 9.48 Å². The molecule has 0 radical (unpaired) electrons. The summed E-state index contributed by atoms with van der Waals surface area (Å²) >= 11 is 0. The highest BCUT2D eigenvalue weighted by atomic mass is 16.3. The van der Waals surface area contributed by atoms with Crippen LogP contribution in [0.3, 0.4) is 0 Å². The van der Waals surface area contributed by atoms with Gasteiger partial charge in [0.1, 0.15) is 0 Å². The lowest BCUT2D eigenvalue weighted by molar-refractivity contribution is -0.137. The maximum Gasteiger partial charge on any atom is 0.227 e. The molecule has 0 bridgehead atoms. The highest BCUT2D eigenvalue weighted by Crippen LogP contribution is 2.33. The fourth-order valence-corrected chi connectivity index (χ4v) is 4.51. The lowest BCUT2D eigenvalue weighted by Crippen LogP contribution is -2.44. The van der Waals surface area contributed by atoms with Crippen LogP contribution in [0.1, 0.15) is 36.0 Å². The summed E-state index contributed by atoms with van der Waals surface area (Å²) in [5, 5.41) is 18.3. The summed E-state index contributed by atoms with van der Waals surface area (Å²) in [6.45, 7) is 3.00. The Morgan fingerprint density at radius 2 is 1.96 bits per heavy atom. The van der Waals surface area contributed by atoms with Crippen LogP contribution in [0, 0.1) is 11.8 Å². The van der Waals surface area contributed by atoms with Gasteiger partial charge in [-0.2, -0.15) is 5.10 Å². The number of hydrogen-bond acceptors (Lipinski definition) is 4. The number of aryl methyl sites for hydroxylation is 1. The number of benzene rings is 1. The molecule has 1 aromatic carbocycles. The fraction of sp³-hybridized carbons (Fsp3) is 0.524. The second-order valence-electron chi connectivity index (χ2n) is 7.84. The number of aromatic nitrogens is 2. The van der Waals surface area contributed by atoms with E-state index in [9.17, 15) is 9.90 Å². The molecule has 1 amide bonds. The molecule has 3 heterocycles. The van der Waals surface area contributed by atoms with Gasteiger partial charge in [0.05, 0.1) is 18.2 Å². The fourth-order valence-electron chi connectivity index (χ4n) is 4.51. The number of carbonyl (C=O) groups is 1. The van der Waals surface area contributed by atoms with E-state index in [1.54, 1.807) is 4.68 Å². The van der Waals surface area contributed by atoms with Gasteiger partial charge >= 0.3 is 0 Å². The molecule has 2 aliphatic rings. The lowest BCUT2D eigenvalue weighted by Gasteiger charge is -2.36.